The highest BCUT2D eigenvalue weighted by Crippen LogP contribution is 2.30. The fraction of sp³-hybridized carbons (Fsp3) is 0.929. The second-order valence-corrected chi connectivity index (χ2v) is 6.04. The fourth-order valence-corrected chi connectivity index (χ4v) is 3.82. The lowest BCUT2D eigenvalue weighted by Gasteiger charge is -2.20. The van der Waals surface area contributed by atoms with Gasteiger partial charge >= 0.3 is 0 Å². The lowest BCUT2D eigenvalue weighted by atomic mass is 9.99. The van der Waals surface area contributed by atoms with Crippen molar-refractivity contribution < 1.29 is 4.79 Å². The van der Waals surface area contributed by atoms with E-state index in [2.05, 4.69) is 10.2 Å². The molecule has 2 aliphatic heterocycles. The molecule has 2 atom stereocenters. The summed E-state index contributed by atoms with van der Waals surface area (Å²) in [5, 5.41) is 3.63. The average molecular weight is 236 g/mol. The van der Waals surface area contributed by atoms with Crippen LogP contribution in [0, 0.1) is 11.8 Å². The number of likely N-dealkylation sites (tertiary alicyclic amines) is 1. The maximum Gasteiger partial charge on any atom is 0.225 e. The zero-order valence-corrected chi connectivity index (χ0v) is 10.7. The van der Waals surface area contributed by atoms with Crippen molar-refractivity contribution in [3.05, 3.63) is 0 Å². The summed E-state index contributed by atoms with van der Waals surface area (Å²) in [6.07, 6.45) is 8.75. The van der Waals surface area contributed by atoms with Gasteiger partial charge in [-0.2, -0.15) is 0 Å². The summed E-state index contributed by atoms with van der Waals surface area (Å²) in [7, 11) is 0. The lowest BCUT2D eigenvalue weighted by Crippen LogP contribution is -2.38. The summed E-state index contributed by atoms with van der Waals surface area (Å²) >= 11 is 0. The van der Waals surface area contributed by atoms with E-state index in [1.54, 1.807) is 0 Å². The van der Waals surface area contributed by atoms with E-state index in [1.165, 1.54) is 32.1 Å². The predicted molar refractivity (Wildman–Crippen MR) is 67.7 cm³/mol. The van der Waals surface area contributed by atoms with Crippen LogP contribution in [0.2, 0.25) is 0 Å². The molecule has 2 unspecified atom stereocenters. The second kappa shape index (κ2) is 4.97. The predicted octanol–water partition coefficient (Wildman–Crippen LogP) is 1.78. The van der Waals surface area contributed by atoms with E-state index in [4.69, 9.17) is 0 Å². The van der Waals surface area contributed by atoms with Crippen LogP contribution in [-0.2, 0) is 4.79 Å². The largest absolute Gasteiger partial charge is 0.341 e. The summed E-state index contributed by atoms with van der Waals surface area (Å²) in [5.41, 5.74) is 0. The lowest BCUT2D eigenvalue weighted by molar-refractivity contribution is -0.134. The summed E-state index contributed by atoms with van der Waals surface area (Å²) in [6, 6.07) is 0.586. The van der Waals surface area contributed by atoms with Gasteiger partial charge in [0, 0.05) is 25.0 Å². The van der Waals surface area contributed by atoms with Crippen LogP contribution in [0.1, 0.15) is 44.9 Å². The Labute approximate surface area is 104 Å². The average Bonchev–Trinajstić information content (AvgIpc) is 2.95. The van der Waals surface area contributed by atoms with Crippen molar-refractivity contribution in [2.24, 2.45) is 11.8 Å². The number of rotatable bonds is 1. The molecule has 2 heterocycles. The van der Waals surface area contributed by atoms with Gasteiger partial charge in [-0.05, 0) is 38.1 Å². The van der Waals surface area contributed by atoms with E-state index in [-0.39, 0.29) is 0 Å². The summed E-state index contributed by atoms with van der Waals surface area (Å²) in [5.74, 6) is 1.54. The van der Waals surface area contributed by atoms with Crippen LogP contribution in [0.15, 0.2) is 0 Å². The van der Waals surface area contributed by atoms with Gasteiger partial charge in [-0.3, -0.25) is 4.79 Å². The first-order chi connectivity index (χ1) is 8.34. The van der Waals surface area contributed by atoms with Crippen molar-refractivity contribution in [2.45, 2.75) is 51.0 Å². The number of carbonyl (C=O) groups excluding carboxylic acids is 1. The highest BCUT2D eigenvalue weighted by atomic mass is 16.2. The molecule has 1 N–H and O–H groups in total. The molecule has 3 aliphatic rings. The first-order valence-corrected chi connectivity index (χ1v) is 7.37. The Kier molecular flexibility index (Phi) is 3.37. The molecular weight excluding hydrogens is 212 g/mol. The van der Waals surface area contributed by atoms with E-state index >= 15 is 0 Å². The SMILES string of the molecule is O=C(C1CCCC1)N1CC2CCCCNC2C1. The van der Waals surface area contributed by atoms with Crippen LogP contribution >= 0.6 is 0 Å². The summed E-state index contributed by atoms with van der Waals surface area (Å²) in [6.45, 7) is 3.14. The minimum atomic E-state index is 0.359. The first-order valence-electron chi connectivity index (χ1n) is 7.37. The highest BCUT2D eigenvalue weighted by molar-refractivity contribution is 5.79. The van der Waals surface area contributed by atoms with E-state index in [0.717, 1.165) is 38.4 Å². The Hall–Kier alpha value is -0.570. The Morgan fingerprint density at radius 1 is 1.00 bits per heavy atom. The first kappa shape index (κ1) is 11.5. The van der Waals surface area contributed by atoms with E-state index in [1.807, 2.05) is 0 Å². The molecule has 0 aromatic carbocycles. The van der Waals surface area contributed by atoms with Crippen LogP contribution < -0.4 is 5.32 Å². The van der Waals surface area contributed by atoms with Gasteiger partial charge in [0.25, 0.3) is 0 Å². The number of nitrogens with zero attached hydrogens (tertiary/aromatic N) is 1. The van der Waals surface area contributed by atoms with Crippen LogP contribution in [0.25, 0.3) is 0 Å². The van der Waals surface area contributed by atoms with Crippen LogP contribution in [0.5, 0.6) is 0 Å². The Balaban J connectivity index is 1.60. The minimum absolute atomic E-state index is 0.359. The molecule has 1 amide bonds. The smallest absolute Gasteiger partial charge is 0.225 e. The van der Waals surface area contributed by atoms with Crippen LogP contribution in [0.4, 0.5) is 0 Å². The van der Waals surface area contributed by atoms with Crippen molar-refractivity contribution in [3.63, 3.8) is 0 Å². The third-order valence-electron chi connectivity index (χ3n) is 4.87. The standard InChI is InChI=1S/C14H24N2O/c17-14(11-5-1-2-6-11)16-9-12-7-3-4-8-15-13(12)10-16/h11-13,15H,1-10H2. The Bertz CT molecular complexity index is 272. The number of nitrogens with one attached hydrogen (secondary N) is 1. The van der Waals surface area contributed by atoms with Gasteiger partial charge in [0.15, 0.2) is 0 Å². The maximum atomic E-state index is 12.4. The van der Waals surface area contributed by atoms with Gasteiger partial charge in [0.2, 0.25) is 5.91 Å². The molecule has 3 fully saturated rings. The van der Waals surface area contributed by atoms with Gasteiger partial charge in [-0.1, -0.05) is 19.3 Å². The molecule has 0 bridgehead atoms. The summed E-state index contributed by atoms with van der Waals surface area (Å²) < 4.78 is 0. The summed E-state index contributed by atoms with van der Waals surface area (Å²) in [4.78, 5) is 14.5. The molecule has 3 rings (SSSR count). The molecule has 3 nitrogen and oxygen atoms in total. The second-order valence-electron chi connectivity index (χ2n) is 6.04. The molecule has 2 saturated heterocycles. The third kappa shape index (κ3) is 2.35. The molecule has 1 saturated carbocycles. The third-order valence-corrected chi connectivity index (χ3v) is 4.87. The van der Waals surface area contributed by atoms with Gasteiger partial charge in [0.05, 0.1) is 0 Å². The molecular formula is C14H24N2O. The monoisotopic (exact) mass is 236 g/mol. The Morgan fingerprint density at radius 2 is 1.76 bits per heavy atom. The normalized spacial score (nSPS) is 34.7. The molecule has 0 aromatic rings. The zero-order chi connectivity index (χ0) is 11.7. The number of hydrogen-bond acceptors (Lipinski definition) is 2. The number of amides is 1. The van der Waals surface area contributed by atoms with E-state index in [0.29, 0.717) is 17.9 Å². The number of hydrogen-bond donors (Lipinski definition) is 1. The van der Waals surface area contributed by atoms with Gasteiger partial charge in [0.1, 0.15) is 0 Å². The van der Waals surface area contributed by atoms with Crippen molar-refractivity contribution in [3.8, 4) is 0 Å². The Morgan fingerprint density at radius 3 is 2.59 bits per heavy atom. The van der Waals surface area contributed by atoms with Crippen molar-refractivity contribution >= 4 is 5.91 Å². The zero-order valence-electron chi connectivity index (χ0n) is 10.7. The van der Waals surface area contributed by atoms with E-state index in [9.17, 15) is 4.79 Å². The van der Waals surface area contributed by atoms with Crippen molar-refractivity contribution in [1.82, 2.24) is 10.2 Å². The molecule has 3 heteroatoms. The topological polar surface area (TPSA) is 32.3 Å². The van der Waals surface area contributed by atoms with Gasteiger partial charge in [-0.25, -0.2) is 0 Å². The molecule has 0 spiro atoms. The molecule has 17 heavy (non-hydrogen) atoms. The van der Waals surface area contributed by atoms with Crippen LogP contribution in [-0.4, -0.2) is 36.5 Å². The molecule has 0 radical (unpaired) electrons. The van der Waals surface area contributed by atoms with Gasteiger partial charge in [-0.15, -0.1) is 0 Å². The van der Waals surface area contributed by atoms with E-state index < -0.39 is 0 Å². The quantitative estimate of drug-likeness (QED) is 0.752. The molecule has 1 aliphatic carbocycles. The van der Waals surface area contributed by atoms with Crippen molar-refractivity contribution in [2.75, 3.05) is 19.6 Å². The molecule has 0 aromatic heterocycles. The van der Waals surface area contributed by atoms with Crippen LogP contribution in [0.3, 0.4) is 0 Å². The van der Waals surface area contributed by atoms with Gasteiger partial charge < -0.3 is 10.2 Å². The number of fused-ring (bicyclic) bond motifs is 1. The van der Waals surface area contributed by atoms with Crippen molar-refractivity contribution in [1.29, 1.82) is 0 Å². The molecule has 96 valence electrons. The highest BCUT2D eigenvalue weighted by Gasteiger charge is 2.38. The fourth-order valence-electron chi connectivity index (χ4n) is 3.82. The number of carbonyl (C=O) groups is 1. The minimum Gasteiger partial charge on any atom is -0.341 e. The maximum absolute atomic E-state index is 12.4.